The summed E-state index contributed by atoms with van der Waals surface area (Å²) in [5.41, 5.74) is 1.15. The maximum absolute atomic E-state index is 12.5. The van der Waals surface area contributed by atoms with E-state index >= 15 is 0 Å². The smallest absolute Gasteiger partial charge is 0.229 e. The molecule has 5 heteroatoms. The molecular weight excluding hydrogens is 256 g/mol. The summed E-state index contributed by atoms with van der Waals surface area (Å²) >= 11 is 0. The molecular formula is C15H18N2O3. The molecule has 20 heavy (non-hydrogen) atoms. The van der Waals surface area contributed by atoms with Gasteiger partial charge in [0.15, 0.2) is 5.58 Å². The van der Waals surface area contributed by atoms with Crippen LogP contribution in [0.15, 0.2) is 28.8 Å². The lowest BCUT2D eigenvalue weighted by atomic mass is 10.0. The van der Waals surface area contributed by atoms with E-state index in [9.17, 15) is 4.79 Å². The number of morpholine rings is 1. The predicted molar refractivity (Wildman–Crippen MR) is 74.3 cm³/mol. The molecule has 0 saturated carbocycles. The topological polar surface area (TPSA) is 55.6 Å². The van der Waals surface area contributed by atoms with E-state index in [2.05, 4.69) is 5.16 Å². The number of fused-ring (bicyclic) bond motifs is 1. The van der Waals surface area contributed by atoms with Gasteiger partial charge in [0.05, 0.1) is 25.2 Å². The van der Waals surface area contributed by atoms with Gasteiger partial charge in [-0.1, -0.05) is 17.3 Å². The van der Waals surface area contributed by atoms with Crippen molar-refractivity contribution in [1.82, 2.24) is 10.1 Å². The number of aromatic nitrogens is 1. The molecule has 1 fully saturated rings. The van der Waals surface area contributed by atoms with Crippen molar-refractivity contribution in [1.29, 1.82) is 0 Å². The van der Waals surface area contributed by atoms with Crippen molar-refractivity contribution in [2.45, 2.75) is 25.8 Å². The summed E-state index contributed by atoms with van der Waals surface area (Å²) < 4.78 is 10.7. The molecule has 1 saturated heterocycles. The van der Waals surface area contributed by atoms with Crippen LogP contribution in [0, 0.1) is 0 Å². The van der Waals surface area contributed by atoms with E-state index in [1.54, 1.807) is 0 Å². The van der Waals surface area contributed by atoms with Crippen LogP contribution < -0.4 is 0 Å². The maximum atomic E-state index is 12.5. The molecule has 106 valence electrons. The molecule has 2 heterocycles. The van der Waals surface area contributed by atoms with Crippen molar-refractivity contribution < 1.29 is 14.1 Å². The molecule has 3 rings (SSSR count). The molecule has 0 bridgehead atoms. The summed E-state index contributed by atoms with van der Waals surface area (Å²) in [5.74, 6) is 0.0670. The van der Waals surface area contributed by atoms with Crippen molar-refractivity contribution in [3.8, 4) is 0 Å². The number of carbonyl (C=O) groups excluding carboxylic acids is 1. The van der Waals surface area contributed by atoms with Gasteiger partial charge < -0.3 is 14.2 Å². The molecule has 1 aliphatic rings. The average molecular weight is 274 g/mol. The Bertz CT molecular complexity index is 633. The molecule has 1 amide bonds. The molecule has 0 atom stereocenters. The lowest BCUT2D eigenvalue weighted by molar-refractivity contribution is -0.145. The molecule has 0 N–H and O–H groups in total. The third kappa shape index (κ3) is 2.29. The fourth-order valence-corrected chi connectivity index (χ4v) is 2.62. The van der Waals surface area contributed by atoms with Gasteiger partial charge in [0, 0.05) is 11.9 Å². The first kappa shape index (κ1) is 13.1. The van der Waals surface area contributed by atoms with Gasteiger partial charge >= 0.3 is 0 Å². The van der Waals surface area contributed by atoms with Crippen LogP contribution in [0.5, 0.6) is 0 Å². The van der Waals surface area contributed by atoms with Crippen LogP contribution in [0.2, 0.25) is 0 Å². The molecule has 0 spiro atoms. The number of rotatable bonds is 2. The first-order chi connectivity index (χ1) is 9.58. The highest BCUT2D eigenvalue weighted by Crippen LogP contribution is 2.23. The minimum absolute atomic E-state index is 0.0670. The molecule has 5 nitrogen and oxygen atoms in total. The van der Waals surface area contributed by atoms with E-state index in [1.165, 1.54) is 0 Å². The molecule has 2 aromatic rings. The summed E-state index contributed by atoms with van der Waals surface area (Å²) in [7, 11) is 0. The van der Waals surface area contributed by atoms with Crippen molar-refractivity contribution in [2.24, 2.45) is 0 Å². The summed E-state index contributed by atoms with van der Waals surface area (Å²) in [6, 6.07) is 7.60. The third-order valence-electron chi connectivity index (χ3n) is 3.72. The second-order valence-corrected chi connectivity index (χ2v) is 5.71. The number of amides is 1. The molecule has 0 aliphatic carbocycles. The van der Waals surface area contributed by atoms with Crippen LogP contribution >= 0.6 is 0 Å². The van der Waals surface area contributed by atoms with E-state index in [-0.39, 0.29) is 17.9 Å². The highest BCUT2D eigenvalue weighted by Gasteiger charge is 2.34. The van der Waals surface area contributed by atoms with Gasteiger partial charge in [0.1, 0.15) is 5.69 Å². The van der Waals surface area contributed by atoms with Gasteiger partial charge in [-0.3, -0.25) is 4.79 Å². The number of hydrogen-bond donors (Lipinski definition) is 0. The number of para-hydroxylation sites is 1. The summed E-state index contributed by atoms with van der Waals surface area (Å²) in [5, 5.41) is 4.93. The monoisotopic (exact) mass is 274 g/mol. The lowest BCUT2D eigenvalue weighted by Crippen LogP contribution is -2.55. The van der Waals surface area contributed by atoms with Crippen LogP contribution in [-0.2, 0) is 16.0 Å². The quantitative estimate of drug-likeness (QED) is 0.840. The lowest BCUT2D eigenvalue weighted by Gasteiger charge is -2.42. The van der Waals surface area contributed by atoms with E-state index in [0.29, 0.717) is 25.5 Å². The molecule has 0 unspecified atom stereocenters. The normalized spacial score (nSPS) is 18.4. The summed E-state index contributed by atoms with van der Waals surface area (Å²) in [4.78, 5) is 14.4. The molecule has 0 radical (unpaired) electrons. The van der Waals surface area contributed by atoms with Crippen molar-refractivity contribution in [3.63, 3.8) is 0 Å². The van der Waals surface area contributed by atoms with Crippen LogP contribution in [0.3, 0.4) is 0 Å². The highest BCUT2D eigenvalue weighted by molar-refractivity contribution is 5.86. The number of nitrogens with zero attached hydrogens (tertiary/aromatic N) is 2. The Morgan fingerprint density at radius 3 is 3.00 bits per heavy atom. The standard InChI is InChI=1S/C15H18N2O3/c1-15(2)10-19-8-7-17(15)14(18)9-12-11-5-3-4-6-13(11)20-16-12/h3-6H,7-10H2,1-2H3. The van der Waals surface area contributed by atoms with Gasteiger partial charge in [-0.15, -0.1) is 0 Å². The number of carbonyl (C=O) groups is 1. The second kappa shape index (κ2) is 4.90. The first-order valence-corrected chi connectivity index (χ1v) is 6.79. The average Bonchev–Trinajstić information content (AvgIpc) is 2.81. The summed E-state index contributed by atoms with van der Waals surface area (Å²) in [6.07, 6.45) is 0.264. The second-order valence-electron chi connectivity index (χ2n) is 5.71. The van der Waals surface area contributed by atoms with Crippen molar-refractivity contribution in [3.05, 3.63) is 30.0 Å². The fraction of sp³-hybridized carbons (Fsp3) is 0.467. The van der Waals surface area contributed by atoms with Crippen LogP contribution in [0.4, 0.5) is 0 Å². The Hall–Kier alpha value is -1.88. The largest absolute Gasteiger partial charge is 0.377 e. The zero-order valence-electron chi connectivity index (χ0n) is 11.8. The molecule has 1 aromatic carbocycles. The van der Waals surface area contributed by atoms with Gasteiger partial charge in [0.2, 0.25) is 5.91 Å². The Balaban J connectivity index is 1.82. The van der Waals surface area contributed by atoms with Gasteiger partial charge in [-0.05, 0) is 26.0 Å². The van der Waals surface area contributed by atoms with Gasteiger partial charge in [0.25, 0.3) is 0 Å². The Kier molecular flexibility index (Phi) is 3.22. The van der Waals surface area contributed by atoms with E-state index in [0.717, 1.165) is 11.0 Å². The maximum Gasteiger partial charge on any atom is 0.229 e. The Morgan fingerprint density at radius 1 is 1.40 bits per heavy atom. The zero-order valence-corrected chi connectivity index (χ0v) is 11.8. The SMILES string of the molecule is CC1(C)COCCN1C(=O)Cc1noc2ccccc12. The van der Waals surface area contributed by atoms with Gasteiger partial charge in [-0.2, -0.15) is 0 Å². The minimum atomic E-state index is -0.269. The van der Waals surface area contributed by atoms with E-state index in [4.69, 9.17) is 9.26 Å². The summed E-state index contributed by atoms with van der Waals surface area (Å²) in [6.45, 7) is 5.82. The fourth-order valence-electron chi connectivity index (χ4n) is 2.62. The van der Waals surface area contributed by atoms with E-state index < -0.39 is 0 Å². The van der Waals surface area contributed by atoms with Crippen LogP contribution in [0.25, 0.3) is 11.0 Å². The van der Waals surface area contributed by atoms with Crippen molar-refractivity contribution >= 4 is 16.9 Å². The van der Waals surface area contributed by atoms with Gasteiger partial charge in [-0.25, -0.2) is 0 Å². The van der Waals surface area contributed by atoms with E-state index in [1.807, 2.05) is 43.0 Å². The predicted octanol–water partition coefficient (Wildman–Crippen LogP) is 2.01. The zero-order chi connectivity index (χ0) is 14.2. The minimum Gasteiger partial charge on any atom is -0.377 e. The van der Waals surface area contributed by atoms with Crippen LogP contribution in [-0.4, -0.2) is 41.3 Å². The number of benzene rings is 1. The highest BCUT2D eigenvalue weighted by atomic mass is 16.5. The molecule has 1 aliphatic heterocycles. The first-order valence-electron chi connectivity index (χ1n) is 6.79. The Labute approximate surface area is 117 Å². The number of ether oxygens (including phenoxy) is 1. The van der Waals surface area contributed by atoms with Crippen LogP contribution in [0.1, 0.15) is 19.5 Å². The Morgan fingerprint density at radius 2 is 2.20 bits per heavy atom. The number of hydrogen-bond acceptors (Lipinski definition) is 4. The third-order valence-corrected chi connectivity index (χ3v) is 3.72. The molecule has 1 aromatic heterocycles. The van der Waals surface area contributed by atoms with Crippen molar-refractivity contribution in [2.75, 3.05) is 19.8 Å².